The molecule has 7 nitrogen and oxygen atoms in total. The molecule has 2 heterocycles. The largest absolute Gasteiger partial charge is 0.480 e. The molecule has 0 aliphatic carbocycles. The Kier molecular flexibility index (Phi) is 5.12. The Balaban J connectivity index is 1.63. The van der Waals surface area contributed by atoms with Crippen LogP contribution < -0.4 is 0 Å². The second-order valence-electron chi connectivity index (χ2n) is 6.27. The summed E-state index contributed by atoms with van der Waals surface area (Å²) in [4.78, 5) is 18.6. The van der Waals surface area contributed by atoms with Gasteiger partial charge in [0.05, 0.1) is 25.4 Å². The van der Waals surface area contributed by atoms with Gasteiger partial charge in [-0.15, -0.1) is 0 Å². The topological polar surface area (TPSA) is 90.0 Å². The molecule has 1 aromatic heterocycles. The van der Waals surface area contributed by atoms with Crippen LogP contribution in [0, 0.1) is 5.82 Å². The fourth-order valence-electron chi connectivity index (χ4n) is 3.09. The second kappa shape index (κ2) is 7.30. The lowest BCUT2D eigenvalue weighted by Crippen LogP contribution is -2.43. The summed E-state index contributed by atoms with van der Waals surface area (Å²) in [5.41, 5.74) is 0.610. The number of likely N-dealkylation sites (tertiary alicyclic amines) is 1. The molecule has 2 aromatic rings. The smallest absolute Gasteiger partial charge is 0.317 e. The first-order valence-electron chi connectivity index (χ1n) is 7.95. The van der Waals surface area contributed by atoms with Gasteiger partial charge in [-0.25, -0.2) is 9.37 Å². The normalized spacial score (nSPS) is 21.1. The molecule has 1 aliphatic rings. The van der Waals surface area contributed by atoms with E-state index < -0.39 is 12.1 Å². The van der Waals surface area contributed by atoms with Crippen molar-refractivity contribution < 1.29 is 23.8 Å². The van der Waals surface area contributed by atoms with E-state index in [1.165, 1.54) is 12.1 Å². The molecule has 1 fully saturated rings. The van der Waals surface area contributed by atoms with Crippen LogP contribution in [0.2, 0.25) is 0 Å². The molecule has 1 unspecified atom stereocenters. The predicted octanol–water partition coefficient (Wildman–Crippen LogP) is 1.04. The van der Waals surface area contributed by atoms with Crippen molar-refractivity contribution in [2.45, 2.75) is 18.7 Å². The maximum atomic E-state index is 13.3. The number of aliphatic carboxylic acids is 1. The minimum absolute atomic E-state index is 0.127. The van der Waals surface area contributed by atoms with Gasteiger partial charge in [0.25, 0.3) is 0 Å². The molecular formula is C17H20FN3O4. The van der Waals surface area contributed by atoms with Gasteiger partial charge < -0.3 is 14.6 Å². The number of carbonyl (C=O) groups is 1. The maximum absolute atomic E-state index is 13.3. The molecule has 0 radical (unpaired) electrons. The van der Waals surface area contributed by atoms with Crippen LogP contribution in [0.25, 0.3) is 11.3 Å². The molecule has 1 aliphatic heterocycles. The van der Waals surface area contributed by atoms with Gasteiger partial charge >= 0.3 is 5.97 Å². The standard InChI is InChI=1S/C17H20FN3O4/c1-20(10-17(23)24)13-7-21(8-14(13)22)9-16-19-6-15(25-16)11-3-2-4-12(18)5-11/h2-6,13-14,22H,7-10H2,1H3,(H,23,24)/t13?,14-/m1/s1. The zero-order valence-corrected chi connectivity index (χ0v) is 13.8. The number of aromatic nitrogens is 1. The second-order valence-corrected chi connectivity index (χ2v) is 6.27. The van der Waals surface area contributed by atoms with Gasteiger partial charge in [-0.05, 0) is 19.2 Å². The summed E-state index contributed by atoms with van der Waals surface area (Å²) in [5, 5.41) is 19.0. The quantitative estimate of drug-likeness (QED) is 0.805. The predicted molar refractivity (Wildman–Crippen MR) is 87.2 cm³/mol. The molecule has 0 spiro atoms. The van der Waals surface area contributed by atoms with E-state index in [9.17, 15) is 14.3 Å². The van der Waals surface area contributed by atoms with Crippen LogP contribution >= 0.6 is 0 Å². The highest BCUT2D eigenvalue weighted by molar-refractivity contribution is 5.69. The van der Waals surface area contributed by atoms with E-state index in [-0.39, 0.29) is 18.4 Å². The van der Waals surface area contributed by atoms with Crippen molar-refractivity contribution in [3.8, 4) is 11.3 Å². The number of benzene rings is 1. The number of aliphatic hydroxyl groups is 1. The molecule has 0 bridgehead atoms. The van der Waals surface area contributed by atoms with Crippen LogP contribution in [0.3, 0.4) is 0 Å². The van der Waals surface area contributed by atoms with Crippen molar-refractivity contribution in [2.24, 2.45) is 0 Å². The van der Waals surface area contributed by atoms with Crippen molar-refractivity contribution in [1.82, 2.24) is 14.8 Å². The van der Waals surface area contributed by atoms with E-state index in [1.807, 2.05) is 4.90 Å². The van der Waals surface area contributed by atoms with E-state index in [0.29, 0.717) is 36.8 Å². The number of carboxylic acid groups (broad SMARTS) is 1. The van der Waals surface area contributed by atoms with Gasteiger partial charge in [-0.1, -0.05) is 12.1 Å². The zero-order valence-electron chi connectivity index (χ0n) is 13.8. The molecule has 134 valence electrons. The molecule has 0 saturated carbocycles. The third-order valence-electron chi connectivity index (χ3n) is 4.31. The molecular weight excluding hydrogens is 329 g/mol. The van der Waals surface area contributed by atoms with Crippen molar-refractivity contribution in [3.05, 3.63) is 42.2 Å². The van der Waals surface area contributed by atoms with E-state index in [2.05, 4.69) is 4.98 Å². The highest BCUT2D eigenvalue weighted by Gasteiger charge is 2.35. The van der Waals surface area contributed by atoms with Crippen LogP contribution in [-0.4, -0.2) is 69.8 Å². The number of likely N-dealkylation sites (N-methyl/N-ethyl adjacent to an activating group) is 1. The number of halogens is 1. The molecule has 1 saturated heterocycles. The Morgan fingerprint density at radius 2 is 2.28 bits per heavy atom. The van der Waals surface area contributed by atoms with Crippen LogP contribution in [-0.2, 0) is 11.3 Å². The zero-order chi connectivity index (χ0) is 18.0. The highest BCUT2D eigenvalue weighted by atomic mass is 19.1. The number of β-amino-alcohol motifs (C(OH)–C–C–N with tert-alkyl or cyclic N) is 1. The molecule has 2 N–H and O–H groups in total. The van der Waals surface area contributed by atoms with E-state index >= 15 is 0 Å². The lowest BCUT2D eigenvalue weighted by Gasteiger charge is -2.24. The Morgan fingerprint density at radius 3 is 3.00 bits per heavy atom. The summed E-state index contributed by atoms with van der Waals surface area (Å²) < 4.78 is 19.0. The molecule has 25 heavy (non-hydrogen) atoms. The molecule has 8 heteroatoms. The Hall–Kier alpha value is -2.29. The van der Waals surface area contributed by atoms with Gasteiger partial charge in [0, 0.05) is 24.7 Å². The number of nitrogens with zero attached hydrogens (tertiary/aromatic N) is 3. The maximum Gasteiger partial charge on any atom is 0.317 e. The Labute approximate surface area is 144 Å². The highest BCUT2D eigenvalue weighted by Crippen LogP contribution is 2.23. The average molecular weight is 349 g/mol. The number of oxazole rings is 1. The van der Waals surface area contributed by atoms with Gasteiger partial charge in [0.15, 0.2) is 5.76 Å². The van der Waals surface area contributed by atoms with Crippen molar-refractivity contribution in [3.63, 3.8) is 0 Å². The number of hydrogen-bond donors (Lipinski definition) is 2. The van der Waals surface area contributed by atoms with Crippen molar-refractivity contribution in [1.29, 1.82) is 0 Å². The van der Waals surface area contributed by atoms with Crippen LogP contribution in [0.4, 0.5) is 4.39 Å². The van der Waals surface area contributed by atoms with Gasteiger partial charge in [0.2, 0.25) is 5.89 Å². The van der Waals surface area contributed by atoms with Crippen LogP contribution in [0.5, 0.6) is 0 Å². The Morgan fingerprint density at radius 1 is 1.48 bits per heavy atom. The van der Waals surface area contributed by atoms with E-state index in [0.717, 1.165) is 0 Å². The van der Waals surface area contributed by atoms with Crippen LogP contribution in [0.15, 0.2) is 34.9 Å². The lowest BCUT2D eigenvalue weighted by molar-refractivity contribution is -0.138. The fourth-order valence-corrected chi connectivity index (χ4v) is 3.09. The first-order chi connectivity index (χ1) is 11.9. The number of rotatable bonds is 6. The first kappa shape index (κ1) is 17.5. The molecule has 1 aromatic carbocycles. The Bertz CT molecular complexity index is 751. The summed E-state index contributed by atoms with van der Waals surface area (Å²) in [6.07, 6.45) is 0.909. The minimum Gasteiger partial charge on any atom is -0.480 e. The summed E-state index contributed by atoms with van der Waals surface area (Å²) in [6, 6.07) is 5.82. The van der Waals surface area contributed by atoms with Gasteiger partial charge in [-0.2, -0.15) is 0 Å². The molecule has 0 amide bonds. The van der Waals surface area contributed by atoms with Crippen molar-refractivity contribution >= 4 is 5.97 Å². The van der Waals surface area contributed by atoms with Crippen molar-refractivity contribution in [2.75, 3.05) is 26.7 Å². The number of aliphatic hydroxyl groups excluding tert-OH is 1. The third kappa shape index (κ3) is 4.22. The fraction of sp³-hybridized carbons (Fsp3) is 0.412. The number of carboxylic acids is 1. The monoisotopic (exact) mass is 349 g/mol. The molecule has 3 rings (SSSR count). The summed E-state index contributed by atoms with van der Waals surface area (Å²) in [6.45, 7) is 1.19. The van der Waals surface area contributed by atoms with E-state index in [1.54, 1.807) is 30.3 Å². The van der Waals surface area contributed by atoms with Crippen LogP contribution in [0.1, 0.15) is 5.89 Å². The summed E-state index contributed by atoms with van der Waals surface area (Å²) >= 11 is 0. The minimum atomic E-state index is -0.930. The SMILES string of the molecule is CN(CC(=O)O)C1CN(Cc2ncc(-c3cccc(F)c3)o2)C[C@H]1O. The lowest BCUT2D eigenvalue weighted by atomic mass is 10.2. The molecule has 2 atom stereocenters. The van der Waals surface area contributed by atoms with E-state index in [4.69, 9.17) is 9.52 Å². The third-order valence-corrected chi connectivity index (χ3v) is 4.31. The first-order valence-corrected chi connectivity index (χ1v) is 7.95. The summed E-state index contributed by atoms with van der Waals surface area (Å²) in [5.74, 6) is -0.329. The number of hydrogen-bond acceptors (Lipinski definition) is 6. The summed E-state index contributed by atoms with van der Waals surface area (Å²) in [7, 11) is 1.68. The van der Waals surface area contributed by atoms with Gasteiger partial charge in [0.1, 0.15) is 5.82 Å². The van der Waals surface area contributed by atoms with Gasteiger partial charge in [-0.3, -0.25) is 14.6 Å². The average Bonchev–Trinajstić information content (AvgIpc) is 3.14.